The zero-order valence-corrected chi connectivity index (χ0v) is 10.8. The Labute approximate surface area is 104 Å². The van der Waals surface area contributed by atoms with Gasteiger partial charge in [-0.05, 0) is 18.8 Å². The van der Waals surface area contributed by atoms with Crippen LogP contribution in [0, 0.1) is 5.92 Å². The number of carbonyl (C=O) groups is 1. The lowest BCUT2D eigenvalue weighted by atomic mass is 10.0. The van der Waals surface area contributed by atoms with Crippen LogP contribution in [-0.4, -0.2) is 50.2 Å². The number of amides is 1. The Kier molecular flexibility index (Phi) is 4.80. The lowest BCUT2D eigenvalue weighted by molar-refractivity contribution is -0.133. The van der Waals surface area contributed by atoms with Gasteiger partial charge < -0.3 is 15.0 Å². The molecule has 1 heterocycles. The maximum Gasteiger partial charge on any atom is 0.222 e. The van der Waals surface area contributed by atoms with E-state index in [9.17, 15) is 4.79 Å². The van der Waals surface area contributed by atoms with Crippen LogP contribution in [0.3, 0.4) is 0 Å². The fourth-order valence-corrected chi connectivity index (χ4v) is 2.76. The van der Waals surface area contributed by atoms with E-state index in [4.69, 9.17) is 4.74 Å². The summed E-state index contributed by atoms with van der Waals surface area (Å²) in [5, 5.41) is 3.29. The Bertz CT molecular complexity index is 246. The molecule has 17 heavy (non-hydrogen) atoms. The maximum atomic E-state index is 12.0. The lowest BCUT2D eigenvalue weighted by Crippen LogP contribution is -2.45. The molecule has 0 spiro atoms. The molecule has 0 bridgehead atoms. The first kappa shape index (κ1) is 12.8. The van der Waals surface area contributed by atoms with Crippen molar-refractivity contribution in [2.24, 2.45) is 5.92 Å². The minimum atomic E-state index is 0.168. The molecule has 2 rings (SSSR count). The SMILES string of the molecule is CN(CC1CNCCO1)C(=O)CC1CCCC1. The first-order chi connectivity index (χ1) is 8.25. The molecule has 0 aromatic rings. The van der Waals surface area contributed by atoms with Gasteiger partial charge in [0.2, 0.25) is 5.91 Å². The second kappa shape index (κ2) is 6.36. The summed E-state index contributed by atoms with van der Waals surface area (Å²) in [6.07, 6.45) is 5.98. The average molecular weight is 240 g/mol. The number of nitrogens with one attached hydrogen (secondary N) is 1. The smallest absolute Gasteiger partial charge is 0.222 e. The molecule has 4 nitrogen and oxygen atoms in total. The molecule has 1 amide bonds. The van der Waals surface area contributed by atoms with Crippen LogP contribution in [-0.2, 0) is 9.53 Å². The number of hydrogen-bond acceptors (Lipinski definition) is 3. The Balaban J connectivity index is 1.70. The van der Waals surface area contributed by atoms with Crippen molar-refractivity contribution >= 4 is 5.91 Å². The molecule has 1 aliphatic heterocycles. The molecule has 2 fully saturated rings. The van der Waals surface area contributed by atoms with Crippen LogP contribution in [0.2, 0.25) is 0 Å². The molecule has 2 aliphatic rings. The largest absolute Gasteiger partial charge is 0.374 e. The summed E-state index contributed by atoms with van der Waals surface area (Å²) in [6, 6.07) is 0. The third-order valence-electron chi connectivity index (χ3n) is 3.85. The van der Waals surface area contributed by atoms with E-state index in [2.05, 4.69) is 5.32 Å². The third-order valence-corrected chi connectivity index (χ3v) is 3.85. The quantitative estimate of drug-likeness (QED) is 0.797. The van der Waals surface area contributed by atoms with Crippen molar-refractivity contribution < 1.29 is 9.53 Å². The number of morpholine rings is 1. The first-order valence-electron chi connectivity index (χ1n) is 6.82. The van der Waals surface area contributed by atoms with Crippen LogP contribution < -0.4 is 5.32 Å². The van der Waals surface area contributed by atoms with E-state index in [1.54, 1.807) is 0 Å². The van der Waals surface area contributed by atoms with E-state index in [0.717, 1.165) is 32.7 Å². The Morgan fingerprint density at radius 1 is 1.41 bits per heavy atom. The van der Waals surface area contributed by atoms with E-state index in [1.165, 1.54) is 25.7 Å². The van der Waals surface area contributed by atoms with Crippen molar-refractivity contribution in [1.29, 1.82) is 0 Å². The van der Waals surface area contributed by atoms with Crippen molar-refractivity contribution in [3.8, 4) is 0 Å². The van der Waals surface area contributed by atoms with Gasteiger partial charge in [0.25, 0.3) is 0 Å². The Hall–Kier alpha value is -0.610. The zero-order valence-electron chi connectivity index (χ0n) is 10.8. The van der Waals surface area contributed by atoms with Gasteiger partial charge in [0.05, 0.1) is 12.7 Å². The van der Waals surface area contributed by atoms with Crippen LogP contribution in [0.4, 0.5) is 0 Å². The molecule has 1 saturated carbocycles. The van der Waals surface area contributed by atoms with Crippen molar-refractivity contribution in [2.45, 2.75) is 38.2 Å². The van der Waals surface area contributed by atoms with E-state index >= 15 is 0 Å². The van der Waals surface area contributed by atoms with Crippen LogP contribution >= 0.6 is 0 Å². The predicted octanol–water partition coefficient (Wildman–Crippen LogP) is 1.01. The molecular formula is C13H24N2O2. The molecule has 1 atom stereocenters. The van der Waals surface area contributed by atoms with E-state index in [1.807, 2.05) is 11.9 Å². The summed E-state index contributed by atoms with van der Waals surface area (Å²) in [5.41, 5.74) is 0. The number of ether oxygens (including phenoxy) is 1. The second-order valence-corrected chi connectivity index (χ2v) is 5.33. The van der Waals surface area contributed by atoms with Crippen molar-refractivity contribution in [1.82, 2.24) is 10.2 Å². The minimum Gasteiger partial charge on any atom is -0.374 e. The van der Waals surface area contributed by atoms with Gasteiger partial charge in [0, 0.05) is 33.1 Å². The highest BCUT2D eigenvalue weighted by Gasteiger charge is 2.22. The predicted molar refractivity (Wildman–Crippen MR) is 66.8 cm³/mol. The molecule has 0 aromatic carbocycles. The van der Waals surface area contributed by atoms with Crippen LogP contribution in [0.15, 0.2) is 0 Å². The van der Waals surface area contributed by atoms with Gasteiger partial charge in [-0.25, -0.2) is 0 Å². The second-order valence-electron chi connectivity index (χ2n) is 5.33. The zero-order chi connectivity index (χ0) is 12.1. The summed E-state index contributed by atoms with van der Waals surface area (Å²) in [4.78, 5) is 13.9. The topological polar surface area (TPSA) is 41.6 Å². The monoisotopic (exact) mass is 240 g/mol. The molecule has 1 saturated heterocycles. The van der Waals surface area contributed by atoms with Gasteiger partial charge in [-0.15, -0.1) is 0 Å². The average Bonchev–Trinajstić information content (AvgIpc) is 2.83. The first-order valence-corrected chi connectivity index (χ1v) is 6.82. The van der Waals surface area contributed by atoms with Gasteiger partial charge in [-0.1, -0.05) is 12.8 Å². The van der Waals surface area contributed by atoms with E-state index in [0.29, 0.717) is 5.92 Å². The minimum absolute atomic E-state index is 0.168. The standard InChI is InChI=1S/C13H24N2O2/c1-15(10-12-9-14-6-7-17-12)13(16)8-11-4-2-3-5-11/h11-12,14H,2-10H2,1H3. The highest BCUT2D eigenvalue weighted by molar-refractivity contribution is 5.76. The fourth-order valence-electron chi connectivity index (χ4n) is 2.76. The van der Waals surface area contributed by atoms with Crippen molar-refractivity contribution in [2.75, 3.05) is 33.3 Å². The number of likely N-dealkylation sites (N-methyl/N-ethyl adjacent to an activating group) is 1. The summed E-state index contributed by atoms with van der Waals surface area (Å²) in [5.74, 6) is 0.918. The molecule has 4 heteroatoms. The number of rotatable bonds is 4. The Morgan fingerprint density at radius 2 is 2.18 bits per heavy atom. The third kappa shape index (κ3) is 3.96. The molecule has 1 N–H and O–H groups in total. The summed E-state index contributed by atoms with van der Waals surface area (Å²) < 4.78 is 5.61. The molecule has 0 radical (unpaired) electrons. The molecule has 98 valence electrons. The summed E-state index contributed by atoms with van der Waals surface area (Å²) in [6.45, 7) is 3.27. The van der Waals surface area contributed by atoms with Crippen LogP contribution in [0.1, 0.15) is 32.1 Å². The molecular weight excluding hydrogens is 216 g/mol. The maximum absolute atomic E-state index is 12.0. The van der Waals surface area contributed by atoms with Crippen molar-refractivity contribution in [3.63, 3.8) is 0 Å². The fraction of sp³-hybridized carbons (Fsp3) is 0.923. The number of hydrogen-bond donors (Lipinski definition) is 1. The Morgan fingerprint density at radius 3 is 2.82 bits per heavy atom. The highest BCUT2D eigenvalue weighted by Crippen LogP contribution is 2.27. The van der Waals surface area contributed by atoms with Gasteiger partial charge in [-0.3, -0.25) is 4.79 Å². The summed E-state index contributed by atoms with van der Waals surface area (Å²) in [7, 11) is 1.90. The normalized spacial score (nSPS) is 26.1. The van der Waals surface area contributed by atoms with Gasteiger partial charge >= 0.3 is 0 Å². The van der Waals surface area contributed by atoms with Crippen molar-refractivity contribution in [3.05, 3.63) is 0 Å². The van der Waals surface area contributed by atoms with E-state index in [-0.39, 0.29) is 12.0 Å². The highest BCUT2D eigenvalue weighted by atomic mass is 16.5. The molecule has 0 aromatic heterocycles. The van der Waals surface area contributed by atoms with Crippen LogP contribution in [0.5, 0.6) is 0 Å². The number of nitrogens with zero attached hydrogens (tertiary/aromatic N) is 1. The lowest BCUT2D eigenvalue weighted by Gasteiger charge is -2.28. The molecule has 1 unspecified atom stereocenters. The summed E-state index contributed by atoms with van der Waals surface area (Å²) >= 11 is 0. The van der Waals surface area contributed by atoms with Gasteiger partial charge in [0.15, 0.2) is 0 Å². The van der Waals surface area contributed by atoms with Gasteiger partial charge in [0.1, 0.15) is 0 Å². The molecule has 1 aliphatic carbocycles. The van der Waals surface area contributed by atoms with E-state index < -0.39 is 0 Å². The number of carbonyl (C=O) groups excluding carboxylic acids is 1. The van der Waals surface area contributed by atoms with Crippen LogP contribution in [0.25, 0.3) is 0 Å². The van der Waals surface area contributed by atoms with Gasteiger partial charge in [-0.2, -0.15) is 0 Å².